The highest BCUT2D eigenvalue weighted by Gasteiger charge is 2.23. The number of amides is 2. The van der Waals surface area contributed by atoms with Gasteiger partial charge in [-0.15, -0.1) is 0 Å². The van der Waals surface area contributed by atoms with E-state index in [-0.39, 0.29) is 6.03 Å². The predicted molar refractivity (Wildman–Crippen MR) is 103 cm³/mol. The third-order valence-corrected chi connectivity index (χ3v) is 5.44. The largest absolute Gasteiger partial charge is 0.371 e. The van der Waals surface area contributed by atoms with E-state index in [0.717, 1.165) is 44.2 Å². The van der Waals surface area contributed by atoms with Crippen molar-refractivity contribution in [3.05, 3.63) is 29.3 Å². The van der Waals surface area contributed by atoms with Crippen LogP contribution in [0.1, 0.15) is 25.7 Å². The van der Waals surface area contributed by atoms with Crippen molar-refractivity contribution in [3.63, 3.8) is 0 Å². The number of hydrogen-bond donors (Lipinski definition) is 2. The van der Waals surface area contributed by atoms with E-state index in [1.807, 2.05) is 12.1 Å². The first kappa shape index (κ1) is 18.3. The molecule has 2 N–H and O–H groups in total. The molecule has 1 aromatic carbocycles. The van der Waals surface area contributed by atoms with Crippen molar-refractivity contribution in [1.29, 1.82) is 0 Å². The molecule has 0 unspecified atom stereocenters. The minimum Gasteiger partial charge on any atom is -0.371 e. The van der Waals surface area contributed by atoms with E-state index in [1.165, 1.54) is 38.0 Å². The molecule has 0 bridgehead atoms. The van der Waals surface area contributed by atoms with Crippen LogP contribution in [-0.4, -0.2) is 56.7 Å². The summed E-state index contributed by atoms with van der Waals surface area (Å²) < 4.78 is 0. The van der Waals surface area contributed by atoms with Crippen LogP contribution in [-0.2, 0) is 0 Å². The van der Waals surface area contributed by atoms with Gasteiger partial charge in [-0.1, -0.05) is 18.0 Å². The van der Waals surface area contributed by atoms with Gasteiger partial charge in [-0.2, -0.15) is 0 Å². The number of carbonyl (C=O) groups is 1. The maximum absolute atomic E-state index is 12.0. The van der Waals surface area contributed by atoms with Gasteiger partial charge in [-0.3, -0.25) is 0 Å². The van der Waals surface area contributed by atoms with Gasteiger partial charge >= 0.3 is 6.03 Å². The Morgan fingerprint density at radius 3 is 2.60 bits per heavy atom. The Hall–Kier alpha value is -1.46. The Bertz CT molecular complexity index is 545. The zero-order valence-electron chi connectivity index (χ0n) is 14.8. The Morgan fingerprint density at radius 2 is 1.84 bits per heavy atom. The maximum Gasteiger partial charge on any atom is 0.314 e. The molecule has 0 aromatic heterocycles. The molecule has 0 radical (unpaired) electrons. The van der Waals surface area contributed by atoms with Crippen LogP contribution < -0.4 is 15.5 Å². The average Bonchev–Trinajstić information content (AvgIpc) is 3.10. The number of anilines is 1. The van der Waals surface area contributed by atoms with Gasteiger partial charge in [0, 0.05) is 43.4 Å². The summed E-state index contributed by atoms with van der Waals surface area (Å²) in [6, 6.07) is 7.94. The molecule has 0 aliphatic carbocycles. The molecule has 2 heterocycles. The van der Waals surface area contributed by atoms with Crippen LogP contribution in [0.4, 0.5) is 10.5 Å². The number of urea groups is 1. The molecule has 138 valence electrons. The topological polar surface area (TPSA) is 47.6 Å². The highest BCUT2D eigenvalue weighted by atomic mass is 35.5. The molecular formula is C19H29ClN4O. The molecule has 2 fully saturated rings. The van der Waals surface area contributed by atoms with E-state index >= 15 is 0 Å². The van der Waals surface area contributed by atoms with Gasteiger partial charge in [0.1, 0.15) is 0 Å². The number of rotatable bonds is 6. The van der Waals surface area contributed by atoms with Crippen molar-refractivity contribution in [1.82, 2.24) is 15.5 Å². The Balaban J connectivity index is 1.30. The molecule has 2 amide bonds. The monoisotopic (exact) mass is 364 g/mol. The predicted octanol–water partition coefficient (Wildman–Crippen LogP) is 2.95. The Kier molecular flexibility index (Phi) is 6.82. The van der Waals surface area contributed by atoms with Crippen LogP contribution in [0.15, 0.2) is 24.3 Å². The van der Waals surface area contributed by atoms with Crippen LogP contribution >= 0.6 is 11.6 Å². The van der Waals surface area contributed by atoms with Crippen molar-refractivity contribution in [2.45, 2.75) is 25.7 Å². The van der Waals surface area contributed by atoms with Gasteiger partial charge < -0.3 is 20.4 Å². The van der Waals surface area contributed by atoms with E-state index < -0.39 is 0 Å². The first-order valence-electron chi connectivity index (χ1n) is 9.45. The summed E-state index contributed by atoms with van der Waals surface area (Å²) in [5.74, 6) is 0.503. The molecule has 2 saturated heterocycles. The fourth-order valence-corrected chi connectivity index (χ4v) is 3.82. The molecule has 1 aromatic rings. The Labute approximate surface area is 155 Å². The van der Waals surface area contributed by atoms with Crippen LogP contribution in [0.2, 0.25) is 5.02 Å². The van der Waals surface area contributed by atoms with Gasteiger partial charge in [0.15, 0.2) is 0 Å². The standard InChI is InChI=1S/C19H29ClN4O/c20-17-4-6-18(7-5-17)24-12-8-16(15-24)14-22-19(25)21-9-13-23-10-2-1-3-11-23/h4-7,16H,1-3,8-15H2,(H2,21,22,25)/t16-/m1/s1. The van der Waals surface area contributed by atoms with Crippen LogP contribution in [0.5, 0.6) is 0 Å². The zero-order valence-corrected chi connectivity index (χ0v) is 15.6. The van der Waals surface area contributed by atoms with Crippen molar-refractivity contribution >= 4 is 23.3 Å². The van der Waals surface area contributed by atoms with Crippen molar-refractivity contribution in [2.24, 2.45) is 5.92 Å². The average molecular weight is 365 g/mol. The number of hydrogen-bond acceptors (Lipinski definition) is 3. The molecule has 2 aliphatic rings. The number of piperidine rings is 1. The lowest BCUT2D eigenvalue weighted by molar-refractivity contribution is 0.220. The normalized spacial score (nSPS) is 21.3. The lowest BCUT2D eigenvalue weighted by Crippen LogP contribution is -2.43. The molecule has 0 spiro atoms. The molecule has 0 saturated carbocycles. The van der Waals surface area contributed by atoms with E-state index in [9.17, 15) is 4.79 Å². The number of carbonyl (C=O) groups excluding carboxylic acids is 1. The van der Waals surface area contributed by atoms with E-state index in [4.69, 9.17) is 11.6 Å². The summed E-state index contributed by atoms with van der Waals surface area (Å²) >= 11 is 5.95. The number of nitrogens with one attached hydrogen (secondary N) is 2. The highest BCUT2D eigenvalue weighted by Crippen LogP contribution is 2.24. The maximum atomic E-state index is 12.0. The fraction of sp³-hybridized carbons (Fsp3) is 0.632. The molecule has 5 nitrogen and oxygen atoms in total. The Morgan fingerprint density at radius 1 is 1.08 bits per heavy atom. The van der Waals surface area contributed by atoms with Gasteiger partial charge in [-0.25, -0.2) is 4.79 Å². The van der Waals surface area contributed by atoms with Gasteiger partial charge in [-0.05, 0) is 62.5 Å². The molecule has 3 rings (SSSR count). The van der Waals surface area contributed by atoms with Crippen molar-refractivity contribution < 1.29 is 4.79 Å². The summed E-state index contributed by atoms with van der Waals surface area (Å²) in [7, 11) is 0. The molecule has 2 aliphatic heterocycles. The first-order chi connectivity index (χ1) is 12.2. The highest BCUT2D eigenvalue weighted by molar-refractivity contribution is 6.30. The van der Waals surface area contributed by atoms with Crippen LogP contribution in [0, 0.1) is 5.92 Å². The second-order valence-corrected chi connectivity index (χ2v) is 7.55. The SMILES string of the molecule is O=C(NCCN1CCCCC1)NC[C@H]1CCN(c2ccc(Cl)cc2)C1. The lowest BCUT2D eigenvalue weighted by atomic mass is 10.1. The summed E-state index contributed by atoms with van der Waals surface area (Å²) in [6.45, 7) is 6.78. The zero-order chi connectivity index (χ0) is 17.5. The second-order valence-electron chi connectivity index (χ2n) is 7.12. The smallest absolute Gasteiger partial charge is 0.314 e. The number of nitrogens with zero attached hydrogens (tertiary/aromatic N) is 2. The number of halogens is 1. The quantitative estimate of drug-likeness (QED) is 0.815. The molecule has 25 heavy (non-hydrogen) atoms. The van der Waals surface area contributed by atoms with E-state index in [1.54, 1.807) is 0 Å². The summed E-state index contributed by atoms with van der Waals surface area (Å²) in [6.07, 6.45) is 5.03. The summed E-state index contributed by atoms with van der Waals surface area (Å²) in [5.41, 5.74) is 1.21. The summed E-state index contributed by atoms with van der Waals surface area (Å²) in [5, 5.41) is 6.78. The summed E-state index contributed by atoms with van der Waals surface area (Å²) in [4.78, 5) is 16.8. The van der Waals surface area contributed by atoms with Crippen LogP contribution in [0.25, 0.3) is 0 Å². The first-order valence-corrected chi connectivity index (χ1v) is 9.83. The fourth-order valence-electron chi connectivity index (χ4n) is 3.70. The third kappa shape index (κ3) is 5.79. The molecule has 6 heteroatoms. The van der Waals surface area contributed by atoms with E-state index in [0.29, 0.717) is 5.92 Å². The molecular weight excluding hydrogens is 336 g/mol. The minimum atomic E-state index is -0.0399. The molecule has 1 atom stereocenters. The third-order valence-electron chi connectivity index (χ3n) is 5.19. The van der Waals surface area contributed by atoms with Gasteiger partial charge in [0.05, 0.1) is 0 Å². The van der Waals surface area contributed by atoms with Crippen molar-refractivity contribution in [3.8, 4) is 0 Å². The van der Waals surface area contributed by atoms with Gasteiger partial charge in [0.25, 0.3) is 0 Å². The van der Waals surface area contributed by atoms with Gasteiger partial charge in [0.2, 0.25) is 0 Å². The lowest BCUT2D eigenvalue weighted by Gasteiger charge is -2.26. The minimum absolute atomic E-state index is 0.0399. The van der Waals surface area contributed by atoms with E-state index in [2.05, 4.69) is 32.6 Å². The van der Waals surface area contributed by atoms with Crippen LogP contribution in [0.3, 0.4) is 0 Å². The number of benzene rings is 1. The number of likely N-dealkylation sites (tertiary alicyclic amines) is 1. The van der Waals surface area contributed by atoms with Crippen molar-refractivity contribution in [2.75, 3.05) is 50.7 Å². The second kappa shape index (κ2) is 9.30.